The molecule has 1 nitrogen and oxygen atoms in total. The van der Waals surface area contributed by atoms with Crippen LogP contribution >= 0.6 is 15.9 Å². The Kier molecular flexibility index (Phi) is 3.27. The Morgan fingerprint density at radius 2 is 2.20 bits per heavy atom. The van der Waals surface area contributed by atoms with E-state index in [0.29, 0.717) is 0 Å². The first-order valence-electron chi connectivity index (χ1n) is 5.32. The minimum atomic E-state index is -0.429. The van der Waals surface area contributed by atoms with Crippen molar-refractivity contribution < 1.29 is 5.11 Å². The van der Waals surface area contributed by atoms with Crippen LogP contribution in [0.2, 0.25) is 0 Å². The zero-order valence-corrected chi connectivity index (χ0v) is 10.4. The van der Waals surface area contributed by atoms with Gasteiger partial charge in [-0.15, -0.1) is 0 Å². The predicted molar refractivity (Wildman–Crippen MR) is 65.8 cm³/mol. The molecule has 0 heterocycles. The molecule has 1 N–H and O–H groups in total. The number of benzene rings is 1. The van der Waals surface area contributed by atoms with Gasteiger partial charge in [0, 0.05) is 4.47 Å². The highest BCUT2D eigenvalue weighted by atomic mass is 79.9. The maximum Gasteiger partial charge on any atom is 0.101 e. The first-order chi connectivity index (χ1) is 7.20. The Morgan fingerprint density at radius 1 is 1.40 bits per heavy atom. The van der Waals surface area contributed by atoms with Gasteiger partial charge < -0.3 is 5.11 Å². The minimum absolute atomic E-state index is 0.429. The van der Waals surface area contributed by atoms with Crippen LogP contribution in [0, 0.1) is 6.92 Å². The van der Waals surface area contributed by atoms with Crippen LogP contribution in [0.25, 0.3) is 0 Å². The summed E-state index contributed by atoms with van der Waals surface area (Å²) in [5.74, 6) is 0. The largest absolute Gasteiger partial charge is 0.384 e. The van der Waals surface area contributed by atoms with Gasteiger partial charge in [-0.05, 0) is 42.9 Å². The summed E-state index contributed by atoms with van der Waals surface area (Å²) in [5, 5.41) is 10.2. The summed E-state index contributed by atoms with van der Waals surface area (Å²) in [6, 6.07) is 6.03. The average molecular weight is 267 g/mol. The number of halogens is 1. The van der Waals surface area contributed by atoms with E-state index in [9.17, 15) is 5.11 Å². The molecule has 1 atom stereocenters. The third-order valence-corrected chi connectivity index (χ3v) is 4.03. The molecule has 80 valence electrons. The lowest BCUT2D eigenvalue weighted by atomic mass is 10.00. The van der Waals surface area contributed by atoms with E-state index >= 15 is 0 Å². The fourth-order valence-electron chi connectivity index (χ4n) is 2.03. The van der Waals surface area contributed by atoms with Crippen LogP contribution in [-0.2, 0) is 0 Å². The second kappa shape index (κ2) is 4.50. The van der Waals surface area contributed by atoms with Crippen molar-refractivity contribution in [2.45, 2.75) is 32.3 Å². The Labute approximate surface area is 99.0 Å². The number of hydrogen-bond donors (Lipinski definition) is 1. The lowest BCUT2D eigenvalue weighted by molar-refractivity contribution is 0.212. The summed E-state index contributed by atoms with van der Waals surface area (Å²) >= 11 is 3.54. The number of rotatable bonds is 2. The number of aliphatic hydroxyl groups excluding tert-OH is 1. The minimum Gasteiger partial charge on any atom is -0.384 e. The van der Waals surface area contributed by atoms with Crippen LogP contribution in [0.3, 0.4) is 0 Å². The molecule has 0 amide bonds. The van der Waals surface area contributed by atoms with Crippen molar-refractivity contribution in [3.8, 4) is 0 Å². The van der Waals surface area contributed by atoms with Gasteiger partial charge in [-0.1, -0.05) is 40.2 Å². The first-order valence-corrected chi connectivity index (χ1v) is 6.11. The lowest BCUT2D eigenvalue weighted by Crippen LogP contribution is -2.01. The van der Waals surface area contributed by atoms with Gasteiger partial charge in [-0.25, -0.2) is 0 Å². The van der Waals surface area contributed by atoms with Crippen molar-refractivity contribution in [2.75, 3.05) is 0 Å². The molecule has 2 heteroatoms. The summed E-state index contributed by atoms with van der Waals surface area (Å²) in [4.78, 5) is 0. The van der Waals surface area contributed by atoms with Crippen molar-refractivity contribution in [3.05, 3.63) is 45.4 Å². The predicted octanol–water partition coefficient (Wildman–Crippen LogP) is 3.90. The van der Waals surface area contributed by atoms with E-state index in [0.717, 1.165) is 22.9 Å². The topological polar surface area (TPSA) is 20.2 Å². The van der Waals surface area contributed by atoms with E-state index in [1.165, 1.54) is 17.6 Å². The smallest absolute Gasteiger partial charge is 0.101 e. The van der Waals surface area contributed by atoms with Gasteiger partial charge in [0.2, 0.25) is 0 Å². The second-order valence-corrected chi connectivity index (χ2v) is 4.84. The SMILES string of the molecule is Cc1cccc(C(O)C2=CCCC2)c1Br. The molecule has 1 aromatic carbocycles. The van der Waals surface area contributed by atoms with Crippen LogP contribution in [-0.4, -0.2) is 5.11 Å². The fourth-order valence-corrected chi connectivity index (χ4v) is 2.51. The summed E-state index contributed by atoms with van der Waals surface area (Å²) in [6.07, 6.45) is 5.05. The van der Waals surface area contributed by atoms with Gasteiger partial charge in [0.25, 0.3) is 0 Å². The summed E-state index contributed by atoms with van der Waals surface area (Å²) in [6.45, 7) is 2.04. The number of allylic oxidation sites excluding steroid dienone is 1. The molecule has 0 bridgehead atoms. The maximum absolute atomic E-state index is 10.2. The third kappa shape index (κ3) is 2.16. The molecule has 2 rings (SSSR count). The van der Waals surface area contributed by atoms with Gasteiger partial charge >= 0.3 is 0 Å². The number of aliphatic hydroxyl groups is 1. The van der Waals surface area contributed by atoms with Crippen LogP contribution in [0.4, 0.5) is 0 Å². The molecule has 0 fully saturated rings. The van der Waals surface area contributed by atoms with Gasteiger partial charge in [0.05, 0.1) is 0 Å². The normalized spacial score (nSPS) is 17.7. The first kappa shape index (κ1) is 10.9. The van der Waals surface area contributed by atoms with Crippen molar-refractivity contribution in [1.82, 2.24) is 0 Å². The highest BCUT2D eigenvalue weighted by molar-refractivity contribution is 9.10. The Bertz CT molecular complexity index is 396. The van der Waals surface area contributed by atoms with Crippen molar-refractivity contribution >= 4 is 15.9 Å². The number of aryl methyl sites for hydroxylation is 1. The maximum atomic E-state index is 10.2. The van der Waals surface area contributed by atoms with Crippen LogP contribution in [0.5, 0.6) is 0 Å². The number of hydrogen-bond acceptors (Lipinski definition) is 1. The standard InChI is InChI=1S/C13H15BrO/c1-9-5-4-8-11(12(9)14)13(15)10-6-2-3-7-10/h4-6,8,13,15H,2-3,7H2,1H3. The summed E-state index contributed by atoms with van der Waals surface area (Å²) in [7, 11) is 0. The van der Waals surface area contributed by atoms with E-state index in [4.69, 9.17) is 0 Å². The van der Waals surface area contributed by atoms with Crippen molar-refractivity contribution in [1.29, 1.82) is 0 Å². The van der Waals surface area contributed by atoms with Gasteiger partial charge in [0.1, 0.15) is 6.10 Å². The van der Waals surface area contributed by atoms with Gasteiger partial charge in [-0.3, -0.25) is 0 Å². The van der Waals surface area contributed by atoms with E-state index in [1.807, 2.05) is 25.1 Å². The quantitative estimate of drug-likeness (QED) is 0.806. The molecule has 0 aliphatic heterocycles. The molecular formula is C13H15BrO. The molecule has 1 aromatic rings. The Hall–Kier alpha value is -0.600. The summed E-state index contributed by atoms with van der Waals surface area (Å²) in [5.41, 5.74) is 3.33. The second-order valence-electron chi connectivity index (χ2n) is 4.05. The zero-order valence-electron chi connectivity index (χ0n) is 8.83. The molecule has 1 aliphatic rings. The van der Waals surface area contributed by atoms with Gasteiger partial charge in [-0.2, -0.15) is 0 Å². The molecule has 0 saturated heterocycles. The fraction of sp³-hybridized carbons (Fsp3) is 0.385. The third-order valence-electron chi connectivity index (χ3n) is 2.94. The molecule has 0 spiro atoms. The lowest BCUT2D eigenvalue weighted by Gasteiger charge is -2.15. The van der Waals surface area contributed by atoms with Crippen molar-refractivity contribution in [2.24, 2.45) is 0 Å². The van der Waals surface area contributed by atoms with Crippen LogP contribution in [0.15, 0.2) is 34.3 Å². The average Bonchev–Trinajstić information content (AvgIpc) is 2.74. The van der Waals surface area contributed by atoms with Crippen molar-refractivity contribution in [3.63, 3.8) is 0 Å². The molecular weight excluding hydrogens is 252 g/mol. The molecule has 1 aliphatic carbocycles. The molecule has 15 heavy (non-hydrogen) atoms. The van der Waals surface area contributed by atoms with E-state index in [2.05, 4.69) is 22.0 Å². The Morgan fingerprint density at radius 3 is 2.87 bits per heavy atom. The monoisotopic (exact) mass is 266 g/mol. The van der Waals surface area contributed by atoms with E-state index < -0.39 is 6.10 Å². The zero-order chi connectivity index (χ0) is 10.8. The highest BCUT2D eigenvalue weighted by Gasteiger charge is 2.18. The Balaban J connectivity index is 2.32. The van der Waals surface area contributed by atoms with E-state index in [-0.39, 0.29) is 0 Å². The molecule has 1 unspecified atom stereocenters. The van der Waals surface area contributed by atoms with E-state index in [1.54, 1.807) is 0 Å². The molecule has 0 saturated carbocycles. The molecule has 0 aromatic heterocycles. The van der Waals surface area contributed by atoms with Crippen LogP contribution in [0.1, 0.15) is 36.5 Å². The highest BCUT2D eigenvalue weighted by Crippen LogP contribution is 2.35. The molecule has 0 radical (unpaired) electrons. The summed E-state index contributed by atoms with van der Waals surface area (Å²) < 4.78 is 1.03. The van der Waals surface area contributed by atoms with Crippen LogP contribution < -0.4 is 0 Å². The van der Waals surface area contributed by atoms with Gasteiger partial charge in [0.15, 0.2) is 0 Å².